The van der Waals surface area contributed by atoms with Gasteiger partial charge in [0.1, 0.15) is 24.2 Å². The van der Waals surface area contributed by atoms with E-state index in [0.29, 0.717) is 57.9 Å². The van der Waals surface area contributed by atoms with Gasteiger partial charge in [-0.25, -0.2) is 14.4 Å². The Kier molecular flexibility index (Phi) is 34.1. The molecule has 0 spiro atoms. The largest absolute Gasteiger partial charge is 0.481 e. The fraction of sp³-hybridized carbons (Fsp3) is 0.569. The Morgan fingerprint density at radius 3 is 1.48 bits per heavy atom. The molecule has 1 aliphatic carbocycles. The van der Waals surface area contributed by atoms with Gasteiger partial charge >= 0.3 is 41.8 Å². The van der Waals surface area contributed by atoms with Gasteiger partial charge < -0.3 is 67.9 Å². The van der Waals surface area contributed by atoms with Crippen molar-refractivity contribution in [3.05, 3.63) is 81.4 Å². The first kappa shape index (κ1) is 77.6. The average molecular weight is 1440 g/mol. The Morgan fingerprint density at radius 2 is 0.947 bits per heavy atom. The molecular formula is C65H92IN11O18. The molecule has 29 nitrogen and oxygen atoms in total. The lowest BCUT2D eigenvalue weighted by atomic mass is 9.81. The Bertz CT molecular complexity index is 3030. The fourth-order valence-electron chi connectivity index (χ4n) is 11.4. The van der Waals surface area contributed by atoms with Crippen LogP contribution in [0.5, 0.6) is 0 Å². The van der Waals surface area contributed by atoms with Crippen LogP contribution in [-0.4, -0.2) is 244 Å². The predicted octanol–water partition coefficient (Wildman–Crippen LogP) is 2.02. The third kappa shape index (κ3) is 30.9. The lowest BCUT2D eigenvalue weighted by Gasteiger charge is -2.33. The van der Waals surface area contributed by atoms with Gasteiger partial charge in [-0.3, -0.25) is 62.8 Å². The highest BCUT2D eigenvalue weighted by Gasteiger charge is 2.32. The molecule has 0 aromatic heterocycles. The quantitative estimate of drug-likeness (QED) is 0.0288. The molecule has 1 saturated carbocycles. The SMILES string of the molecule is O=C(O)CCC(NC(=O)NC(CCCCNC(=O)C(Cc1ccc2ccccc2c1)NC(=O)C1CCC(CNC(=O)C(CCCCNC(=O)CCCc2ccc(I)cc2)NC(=O)CN2CCN(CC(=O)O)CCN(CC(=O)O)CCN(CC(=O)O)CC2)CC1)C(=O)O)C(=O)O. The maximum absolute atomic E-state index is 14.2. The van der Waals surface area contributed by atoms with E-state index in [1.807, 2.05) is 66.7 Å². The Labute approximate surface area is 565 Å². The molecule has 0 radical (unpaired) electrons. The summed E-state index contributed by atoms with van der Waals surface area (Å²) in [5, 5.41) is 78.0. The Hall–Kier alpha value is -8.07. The molecule has 2 fully saturated rings. The highest BCUT2D eigenvalue weighted by atomic mass is 127. The first-order chi connectivity index (χ1) is 45.4. The lowest BCUT2D eigenvalue weighted by Crippen LogP contribution is -2.52. The van der Waals surface area contributed by atoms with Gasteiger partial charge in [0, 0.05) is 101 Å². The lowest BCUT2D eigenvalue weighted by molar-refractivity contribution is -0.141. The van der Waals surface area contributed by atoms with Crippen LogP contribution in [0.25, 0.3) is 10.8 Å². The highest BCUT2D eigenvalue weighted by Crippen LogP contribution is 2.29. The van der Waals surface area contributed by atoms with Gasteiger partial charge in [-0.05, 0) is 146 Å². The van der Waals surface area contributed by atoms with Crippen molar-refractivity contribution in [2.24, 2.45) is 11.8 Å². The van der Waals surface area contributed by atoms with Crippen LogP contribution >= 0.6 is 22.6 Å². The number of halogens is 1. The molecule has 0 bridgehead atoms. The molecule has 95 heavy (non-hydrogen) atoms. The number of carboxylic acid groups (broad SMARTS) is 6. The molecule has 3 aromatic carbocycles. The molecule has 4 unspecified atom stereocenters. The molecule has 1 heterocycles. The Balaban J connectivity index is 1.19. The molecule has 1 aliphatic heterocycles. The van der Waals surface area contributed by atoms with Crippen molar-refractivity contribution in [1.29, 1.82) is 0 Å². The second-order valence-electron chi connectivity index (χ2n) is 24.3. The summed E-state index contributed by atoms with van der Waals surface area (Å²) in [6, 6.07) is 15.4. The number of aryl methyl sites for hydroxylation is 1. The average Bonchev–Trinajstić information content (AvgIpc) is 2.45. The minimum absolute atomic E-state index is 0.0475. The number of nitrogens with one attached hydrogen (secondary N) is 7. The number of hydrogen-bond donors (Lipinski definition) is 13. The third-order valence-corrected chi connectivity index (χ3v) is 17.5. The summed E-state index contributed by atoms with van der Waals surface area (Å²) in [6.07, 6.45) is 4.44. The van der Waals surface area contributed by atoms with Gasteiger partial charge in [-0.2, -0.15) is 0 Å². The van der Waals surface area contributed by atoms with Crippen LogP contribution in [0.4, 0.5) is 4.79 Å². The second kappa shape index (κ2) is 41.7. The summed E-state index contributed by atoms with van der Waals surface area (Å²) >= 11 is 2.24. The van der Waals surface area contributed by atoms with E-state index in [0.717, 1.165) is 31.9 Å². The van der Waals surface area contributed by atoms with Crippen molar-refractivity contribution >= 4 is 105 Å². The summed E-state index contributed by atoms with van der Waals surface area (Å²) in [7, 11) is 0. The number of urea groups is 1. The molecule has 2 aliphatic rings. The van der Waals surface area contributed by atoms with Crippen molar-refractivity contribution in [3.63, 3.8) is 0 Å². The van der Waals surface area contributed by atoms with E-state index in [4.69, 9.17) is 5.11 Å². The van der Waals surface area contributed by atoms with Crippen LogP contribution in [-0.2, 0) is 65.6 Å². The van der Waals surface area contributed by atoms with Crippen LogP contribution in [0.2, 0.25) is 0 Å². The molecule has 13 N–H and O–H groups in total. The number of carbonyl (C=O) groups is 12. The minimum atomic E-state index is -1.57. The summed E-state index contributed by atoms with van der Waals surface area (Å²) < 4.78 is 1.12. The van der Waals surface area contributed by atoms with Crippen LogP contribution in [0.1, 0.15) is 101 Å². The minimum Gasteiger partial charge on any atom is -0.481 e. The molecule has 4 atom stereocenters. The first-order valence-electron chi connectivity index (χ1n) is 32.3. The number of amides is 7. The number of nitrogens with zero attached hydrogens (tertiary/aromatic N) is 4. The monoisotopic (exact) mass is 1440 g/mol. The number of carboxylic acids is 6. The predicted molar refractivity (Wildman–Crippen MR) is 356 cm³/mol. The number of unbranched alkanes of at least 4 members (excludes halogenated alkanes) is 2. The zero-order valence-electron chi connectivity index (χ0n) is 53.5. The van der Waals surface area contributed by atoms with Crippen molar-refractivity contribution in [2.75, 3.05) is 98.2 Å². The van der Waals surface area contributed by atoms with E-state index in [-0.39, 0.29) is 141 Å². The van der Waals surface area contributed by atoms with E-state index < -0.39 is 102 Å². The molecular weight excluding hydrogens is 1350 g/mol. The van der Waals surface area contributed by atoms with E-state index in [1.165, 1.54) is 0 Å². The summed E-state index contributed by atoms with van der Waals surface area (Å²) in [4.78, 5) is 158. The first-order valence-corrected chi connectivity index (χ1v) is 33.4. The maximum atomic E-state index is 14.2. The molecule has 522 valence electrons. The van der Waals surface area contributed by atoms with Crippen molar-refractivity contribution in [2.45, 2.75) is 127 Å². The van der Waals surface area contributed by atoms with E-state index >= 15 is 0 Å². The van der Waals surface area contributed by atoms with Gasteiger partial charge in [0.2, 0.25) is 29.5 Å². The number of rotatable bonds is 38. The number of fused-ring (bicyclic) bond motifs is 1. The standard InChI is InChI=1S/C65H92IN11O18/c66-49-22-17-43(18-23-49)8-7-13-54(78)67-26-5-3-11-50(70-55(79)39-74-28-30-75(40-57(82)83)32-34-77(42-59(86)87)35-33-76(31-29-74)41-58(84)85)61(89)69-38-44-14-20-47(21-15-44)60(88)71-53(37-45-16-19-46-9-1-2-10-48(46)36-45)62(90)68-27-6-4-12-51(63(91)92)72-65(95)73-52(64(93)94)24-25-56(80)81/h1-2,9-10,16-19,22-23,36,44,47,50-53H,3-8,11-15,20-21,24-35,37-42H2,(H,67,78)(H,68,90)(H,69,89)(H,70,79)(H,71,88)(H,80,81)(H,82,83)(H,84,85)(H,86,87)(H,91,92)(H,93,94)(H2,72,73,95). The molecule has 30 heteroatoms. The van der Waals surface area contributed by atoms with Crippen molar-refractivity contribution in [3.8, 4) is 0 Å². The van der Waals surface area contributed by atoms with Crippen LogP contribution in [0.3, 0.4) is 0 Å². The number of benzene rings is 3. The highest BCUT2D eigenvalue weighted by molar-refractivity contribution is 14.1. The van der Waals surface area contributed by atoms with Gasteiger partial charge in [-0.15, -0.1) is 0 Å². The molecule has 5 rings (SSSR count). The third-order valence-electron chi connectivity index (χ3n) is 16.8. The van der Waals surface area contributed by atoms with Gasteiger partial charge in [0.15, 0.2) is 0 Å². The fourth-order valence-corrected chi connectivity index (χ4v) is 11.8. The van der Waals surface area contributed by atoms with Crippen molar-refractivity contribution in [1.82, 2.24) is 56.8 Å². The topological polar surface area (TPSA) is 423 Å². The van der Waals surface area contributed by atoms with Gasteiger partial charge in [-0.1, -0.05) is 54.6 Å². The maximum Gasteiger partial charge on any atom is 0.326 e. The van der Waals surface area contributed by atoms with Crippen LogP contribution in [0.15, 0.2) is 66.7 Å². The second-order valence-corrected chi connectivity index (χ2v) is 25.5. The number of carbonyl (C=O) groups excluding carboxylic acids is 6. The van der Waals surface area contributed by atoms with Crippen LogP contribution in [0, 0.1) is 15.4 Å². The van der Waals surface area contributed by atoms with Gasteiger partial charge in [0.25, 0.3) is 0 Å². The molecule has 3 aromatic rings. The smallest absolute Gasteiger partial charge is 0.326 e. The van der Waals surface area contributed by atoms with Crippen molar-refractivity contribution < 1.29 is 88.2 Å². The molecule has 1 saturated heterocycles. The van der Waals surface area contributed by atoms with E-state index in [9.17, 15) is 83.1 Å². The zero-order chi connectivity index (χ0) is 69.2. The summed E-state index contributed by atoms with van der Waals surface area (Å²) in [5.74, 6) is -9.82. The Morgan fingerprint density at radius 1 is 0.453 bits per heavy atom. The summed E-state index contributed by atoms with van der Waals surface area (Å²) in [6.45, 7) is 0.942. The summed E-state index contributed by atoms with van der Waals surface area (Å²) in [5.41, 5.74) is 1.92. The van der Waals surface area contributed by atoms with E-state index in [1.54, 1.807) is 19.6 Å². The normalized spacial score (nSPS) is 17.4. The number of hydrogen-bond acceptors (Lipinski definition) is 16. The zero-order valence-corrected chi connectivity index (χ0v) is 55.6. The van der Waals surface area contributed by atoms with Gasteiger partial charge in [0.05, 0.1) is 26.2 Å². The van der Waals surface area contributed by atoms with Crippen LogP contribution < -0.4 is 37.2 Å². The number of aliphatic carboxylic acids is 6. The molecule has 7 amide bonds. The van der Waals surface area contributed by atoms with E-state index in [2.05, 4.69) is 59.8 Å².